The molecule has 7 nitrogen and oxygen atoms in total. The number of carbonyl (C=O) groups is 3. The van der Waals surface area contributed by atoms with Crippen LogP contribution in [0.5, 0.6) is 0 Å². The predicted molar refractivity (Wildman–Crippen MR) is 79.4 cm³/mol. The molecule has 0 aliphatic carbocycles. The first-order chi connectivity index (χ1) is 10.0. The van der Waals surface area contributed by atoms with Crippen LogP contribution in [0.4, 0.5) is 0 Å². The lowest BCUT2D eigenvalue weighted by atomic mass is 10.2. The SMILES string of the molecule is CCOC(=O)CCCNC(=O)CCCN[C@@H](CC)C(N)=O. The van der Waals surface area contributed by atoms with Gasteiger partial charge >= 0.3 is 5.97 Å². The number of hydrogen-bond acceptors (Lipinski definition) is 5. The zero-order valence-electron chi connectivity index (χ0n) is 12.9. The Hall–Kier alpha value is -1.63. The average Bonchev–Trinajstić information content (AvgIpc) is 2.43. The number of carbonyl (C=O) groups excluding carboxylic acids is 3. The molecule has 0 fully saturated rings. The number of esters is 1. The molecule has 0 saturated heterocycles. The van der Waals surface area contributed by atoms with Gasteiger partial charge in [-0.3, -0.25) is 14.4 Å². The molecule has 0 aromatic heterocycles. The summed E-state index contributed by atoms with van der Waals surface area (Å²) in [6.45, 7) is 5.04. The summed E-state index contributed by atoms with van der Waals surface area (Å²) in [7, 11) is 0. The van der Waals surface area contributed by atoms with Crippen LogP contribution in [-0.4, -0.2) is 43.5 Å². The molecule has 0 aliphatic rings. The van der Waals surface area contributed by atoms with Gasteiger partial charge in [0.15, 0.2) is 0 Å². The van der Waals surface area contributed by atoms with Crippen molar-refractivity contribution in [3.8, 4) is 0 Å². The van der Waals surface area contributed by atoms with Crippen molar-refractivity contribution < 1.29 is 19.1 Å². The van der Waals surface area contributed by atoms with Gasteiger partial charge in [-0.15, -0.1) is 0 Å². The standard InChI is InChI=1S/C14H27N3O4/c1-3-11(14(15)20)16-9-5-7-12(18)17-10-6-8-13(19)21-4-2/h11,16H,3-10H2,1-2H3,(H2,15,20)(H,17,18)/t11-/m0/s1. The molecule has 0 aliphatic heterocycles. The minimum Gasteiger partial charge on any atom is -0.466 e. The van der Waals surface area contributed by atoms with E-state index in [9.17, 15) is 14.4 Å². The second-order valence-corrected chi connectivity index (χ2v) is 4.68. The van der Waals surface area contributed by atoms with Gasteiger partial charge in [0.25, 0.3) is 0 Å². The topological polar surface area (TPSA) is 111 Å². The number of nitrogens with one attached hydrogen (secondary N) is 2. The number of ether oxygens (including phenoxy) is 1. The van der Waals surface area contributed by atoms with E-state index >= 15 is 0 Å². The second-order valence-electron chi connectivity index (χ2n) is 4.68. The summed E-state index contributed by atoms with van der Waals surface area (Å²) in [4.78, 5) is 33.6. The van der Waals surface area contributed by atoms with Crippen molar-refractivity contribution in [3.05, 3.63) is 0 Å². The van der Waals surface area contributed by atoms with Crippen molar-refractivity contribution in [1.29, 1.82) is 0 Å². The molecule has 122 valence electrons. The normalized spacial score (nSPS) is 11.7. The van der Waals surface area contributed by atoms with Crippen LogP contribution in [-0.2, 0) is 19.1 Å². The minimum absolute atomic E-state index is 0.0622. The van der Waals surface area contributed by atoms with Gasteiger partial charge < -0.3 is 21.1 Å². The van der Waals surface area contributed by atoms with E-state index in [-0.39, 0.29) is 23.8 Å². The third kappa shape index (κ3) is 10.8. The monoisotopic (exact) mass is 301 g/mol. The fraction of sp³-hybridized carbons (Fsp3) is 0.786. The van der Waals surface area contributed by atoms with Crippen LogP contribution in [0.3, 0.4) is 0 Å². The zero-order valence-corrected chi connectivity index (χ0v) is 12.9. The molecule has 4 N–H and O–H groups in total. The average molecular weight is 301 g/mol. The Bertz CT molecular complexity index is 334. The zero-order chi connectivity index (χ0) is 16.1. The summed E-state index contributed by atoms with van der Waals surface area (Å²) in [5.74, 6) is -0.679. The fourth-order valence-corrected chi connectivity index (χ4v) is 1.75. The van der Waals surface area contributed by atoms with Crippen LogP contribution < -0.4 is 16.4 Å². The van der Waals surface area contributed by atoms with Gasteiger partial charge in [0, 0.05) is 19.4 Å². The molecule has 0 heterocycles. The third-order valence-electron chi connectivity index (χ3n) is 2.91. The van der Waals surface area contributed by atoms with Crippen LogP contribution in [0.2, 0.25) is 0 Å². The number of amides is 2. The van der Waals surface area contributed by atoms with E-state index < -0.39 is 0 Å². The molecule has 21 heavy (non-hydrogen) atoms. The molecule has 0 unspecified atom stereocenters. The van der Waals surface area contributed by atoms with Crippen molar-refractivity contribution in [1.82, 2.24) is 10.6 Å². The Morgan fingerprint density at radius 3 is 2.33 bits per heavy atom. The first-order valence-electron chi connectivity index (χ1n) is 7.46. The van der Waals surface area contributed by atoms with Gasteiger partial charge in [0.05, 0.1) is 12.6 Å². The lowest BCUT2D eigenvalue weighted by Crippen LogP contribution is -2.41. The van der Waals surface area contributed by atoms with Crippen LogP contribution >= 0.6 is 0 Å². The van der Waals surface area contributed by atoms with E-state index in [4.69, 9.17) is 10.5 Å². The largest absolute Gasteiger partial charge is 0.466 e. The molecule has 0 spiro atoms. The maximum Gasteiger partial charge on any atom is 0.305 e. The summed E-state index contributed by atoms with van der Waals surface area (Å²) in [6, 6.07) is -0.336. The van der Waals surface area contributed by atoms with E-state index in [1.54, 1.807) is 6.92 Å². The van der Waals surface area contributed by atoms with Gasteiger partial charge in [-0.2, -0.15) is 0 Å². The molecule has 0 saturated carbocycles. The number of hydrogen-bond donors (Lipinski definition) is 3. The molecule has 1 atom stereocenters. The smallest absolute Gasteiger partial charge is 0.305 e. The lowest BCUT2D eigenvalue weighted by Gasteiger charge is -2.12. The molecule has 0 aromatic carbocycles. The van der Waals surface area contributed by atoms with Crippen LogP contribution in [0.1, 0.15) is 46.0 Å². The van der Waals surface area contributed by atoms with E-state index in [1.165, 1.54) is 0 Å². The van der Waals surface area contributed by atoms with Gasteiger partial charge in [0.2, 0.25) is 11.8 Å². The van der Waals surface area contributed by atoms with E-state index in [0.717, 1.165) is 0 Å². The highest BCUT2D eigenvalue weighted by Gasteiger charge is 2.11. The maximum atomic E-state index is 11.5. The number of primary amides is 1. The van der Waals surface area contributed by atoms with Gasteiger partial charge in [0.1, 0.15) is 0 Å². The predicted octanol–water partition coefficient (Wildman–Crippen LogP) is 0.0796. The highest BCUT2D eigenvalue weighted by atomic mass is 16.5. The van der Waals surface area contributed by atoms with Crippen molar-refractivity contribution in [3.63, 3.8) is 0 Å². The Kier molecular flexibility index (Phi) is 11.2. The quantitative estimate of drug-likeness (QED) is 0.349. The van der Waals surface area contributed by atoms with Crippen molar-refractivity contribution in [2.45, 2.75) is 52.0 Å². The van der Waals surface area contributed by atoms with Crippen molar-refractivity contribution in [2.75, 3.05) is 19.7 Å². The van der Waals surface area contributed by atoms with E-state index in [1.807, 2.05) is 6.92 Å². The summed E-state index contributed by atoms with van der Waals surface area (Å²) in [5.41, 5.74) is 5.20. The molecule has 7 heteroatoms. The van der Waals surface area contributed by atoms with Crippen molar-refractivity contribution >= 4 is 17.8 Å². The van der Waals surface area contributed by atoms with Gasteiger partial charge in [-0.1, -0.05) is 6.92 Å². The highest BCUT2D eigenvalue weighted by Crippen LogP contribution is 1.94. The number of rotatable bonds is 12. The number of nitrogens with two attached hydrogens (primary N) is 1. The summed E-state index contributed by atoms with van der Waals surface area (Å²) in [6.07, 6.45) is 2.53. The van der Waals surface area contributed by atoms with E-state index in [0.29, 0.717) is 51.8 Å². The molecule has 0 rings (SSSR count). The Balaban J connectivity index is 3.54. The summed E-state index contributed by atoms with van der Waals surface area (Å²) < 4.78 is 4.78. The maximum absolute atomic E-state index is 11.5. The molecule has 0 bridgehead atoms. The Labute approximate surface area is 126 Å². The Morgan fingerprint density at radius 1 is 1.10 bits per heavy atom. The van der Waals surface area contributed by atoms with E-state index in [2.05, 4.69) is 10.6 Å². The fourth-order valence-electron chi connectivity index (χ4n) is 1.75. The molecular weight excluding hydrogens is 274 g/mol. The minimum atomic E-state index is -0.374. The second kappa shape index (κ2) is 12.1. The van der Waals surface area contributed by atoms with Crippen molar-refractivity contribution in [2.24, 2.45) is 5.73 Å². The highest BCUT2D eigenvalue weighted by molar-refractivity contribution is 5.79. The first-order valence-corrected chi connectivity index (χ1v) is 7.46. The Morgan fingerprint density at radius 2 is 1.76 bits per heavy atom. The molecule has 0 aromatic rings. The van der Waals surface area contributed by atoms with Crippen LogP contribution in [0, 0.1) is 0 Å². The third-order valence-corrected chi connectivity index (χ3v) is 2.91. The van der Waals surface area contributed by atoms with Gasteiger partial charge in [-0.25, -0.2) is 0 Å². The summed E-state index contributed by atoms with van der Waals surface area (Å²) >= 11 is 0. The first kappa shape index (κ1) is 19.4. The lowest BCUT2D eigenvalue weighted by molar-refractivity contribution is -0.143. The molecule has 0 radical (unpaired) electrons. The van der Waals surface area contributed by atoms with Crippen LogP contribution in [0.25, 0.3) is 0 Å². The molecule has 2 amide bonds. The van der Waals surface area contributed by atoms with Crippen LogP contribution in [0.15, 0.2) is 0 Å². The van der Waals surface area contributed by atoms with Gasteiger partial charge in [-0.05, 0) is 32.7 Å². The summed E-state index contributed by atoms with van der Waals surface area (Å²) in [5, 5.41) is 5.74. The molecular formula is C14H27N3O4.